The van der Waals surface area contributed by atoms with E-state index in [1.807, 2.05) is 13.8 Å². The van der Waals surface area contributed by atoms with Gasteiger partial charge in [-0.15, -0.1) is 0 Å². The maximum Gasteiger partial charge on any atom is 0.179 e. The summed E-state index contributed by atoms with van der Waals surface area (Å²) in [6.45, 7) is 3.68. The quantitative estimate of drug-likeness (QED) is 0.796. The van der Waals surface area contributed by atoms with Crippen LogP contribution in [0.3, 0.4) is 0 Å². The molecule has 0 N–H and O–H groups in total. The second kappa shape index (κ2) is 4.03. The Bertz CT molecular complexity index is 390. The van der Waals surface area contributed by atoms with Crippen molar-refractivity contribution in [1.29, 1.82) is 0 Å². The molecule has 0 aliphatic rings. The van der Waals surface area contributed by atoms with Crippen molar-refractivity contribution in [2.45, 2.75) is 23.1 Å². The minimum atomic E-state index is -3.16. The summed E-state index contributed by atoms with van der Waals surface area (Å²) < 4.78 is 23.2. The molecule has 78 valence electrons. The Hall–Kier alpha value is -0.350. The van der Waals surface area contributed by atoms with Crippen LogP contribution in [0, 0.1) is 0 Å². The third-order valence-corrected chi connectivity index (χ3v) is 4.38. The summed E-state index contributed by atoms with van der Waals surface area (Å²) in [6.07, 6.45) is 0. The zero-order valence-electron chi connectivity index (χ0n) is 8.20. The zero-order valence-corrected chi connectivity index (χ0v) is 10.6. The van der Waals surface area contributed by atoms with Gasteiger partial charge in [0.2, 0.25) is 0 Å². The number of alkyl halides is 1. The van der Waals surface area contributed by atoms with E-state index in [9.17, 15) is 8.42 Å². The molecule has 0 spiro atoms. The van der Waals surface area contributed by atoms with Crippen LogP contribution in [0.25, 0.3) is 0 Å². The third-order valence-electron chi connectivity index (χ3n) is 1.64. The Morgan fingerprint density at radius 3 is 2.14 bits per heavy atom. The van der Waals surface area contributed by atoms with Gasteiger partial charge in [-0.1, -0.05) is 34.1 Å². The van der Waals surface area contributed by atoms with E-state index in [2.05, 4.69) is 15.9 Å². The maximum atomic E-state index is 11.8. The van der Waals surface area contributed by atoms with Gasteiger partial charge < -0.3 is 0 Å². The molecule has 0 aromatic heterocycles. The molecule has 2 nitrogen and oxygen atoms in total. The zero-order chi connectivity index (χ0) is 10.8. The van der Waals surface area contributed by atoms with Crippen molar-refractivity contribution in [1.82, 2.24) is 0 Å². The number of halogens is 1. The Labute approximate surface area is 93.4 Å². The van der Waals surface area contributed by atoms with Crippen LogP contribution in [0.1, 0.15) is 13.8 Å². The number of hydrogen-bond acceptors (Lipinski definition) is 2. The first-order valence-electron chi connectivity index (χ1n) is 4.28. The van der Waals surface area contributed by atoms with Crippen molar-refractivity contribution in [3.63, 3.8) is 0 Å². The van der Waals surface area contributed by atoms with Crippen LogP contribution in [0.15, 0.2) is 35.2 Å². The Morgan fingerprint density at radius 1 is 1.21 bits per heavy atom. The Balaban J connectivity index is 2.99. The van der Waals surface area contributed by atoms with Crippen molar-refractivity contribution in [3.8, 4) is 0 Å². The summed E-state index contributed by atoms with van der Waals surface area (Å²) in [4.78, 5) is 0.382. The van der Waals surface area contributed by atoms with E-state index in [0.717, 1.165) is 0 Å². The average molecular weight is 277 g/mol. The Kier molecular flexibility index (Phi) is 3.37. The molecule has 1 rings (SSSR count). The van der Waals surface area contributed by atoms with Crippen molar-refractivity contribution < 1.29 is 8.42 Å². The van der Waals surface area contributed by atoms with Crippen LogP contribution in [0.5, 0.6) is 0 Å². The van der Waals surface area contributed by atoms with Crippen molar-refractivity contribution in [2.75, 3.05) is 5.75 Å². The van der Waals surface area contributed by atoms with Crippen LogP contribution in [-0.4, -0.2) is 18.5 Å². The number of benzene rings is 1. The van der Waals surface area contributed by atoms with Crippen LogP contribution in [0.2, 0.25) is 0 Å². The monoisotopic (exact) mass is 276 g/mol. The van der Waals surface area contributed by atoms with Crippen LogP contribution in [-0.2, 0) is 9.84 Å². The summed E-state index contributed by atoms with van der Waals surface area (Å²) in [5, 5.41) is 0. The SMILES string of the molecule is CC(C)(Br)CS(=O)(=O)c1ccccc1. The highest BCUT2D eigenvalue weighted by atomic mass is 79.9. The molecule has 14 heavy (non-hydrogen) atoms. The lowest BCUT2D eigenvalue weighted by Gasteiger charge is -2.15. The predicted molar refractivity (Wildman–Crippen MR) is 61.5 cm³/mol. The van der Waals surface area contributed by atoms with E-state index < -0.39 is 9.84 Å². The van der Waals surface area contributed by atoms with Gasteiger partial charge in [0.1, 0.15) is 0 Å². The Morgan fingerprint density at radius 2 is 1.71 bits per heavy atom. The van der Waals surface area contributed by atoms with Gasteiger partial charge in [0.05, 0.1) is 10.6 Å². The lowest BCUT2D eigenvalue weighted by Crippen LogP contribution is -2.23. The minimum Gasteiger partial charge on any atom is -0.224 e. The third kappa shape index (κ3) is 3.42. The molecule has 0 amide bonds. The second-order valence-corrected chi connectivity index (χ2v) is 7.93. The van der Waals surface area contributed by atoms with Gasteiger partial charge in [0.25, 0.3) is 0 Å². The highest BCUT2D eigenvalue weighted by Gasteiger charge is 2.24. The summed E-state index contributed by atoms with van der Waals surface area (Å²) in [7, 11) is -3.16. The smallest absolute Gasteiger partial charge is 0.179 e. The largest absolute Gasteiger partial charge is 0.224 e. The molecule has 0 heterocycles. The van der Waals surface area contributed by atoms with Gasteiger partial charge in [-0.05, 0) is 26.0 Å². The van der Waals surface area contributed by atoms with E-state index >= 15 is 0 Å². The standard InChI is InChI=1S/C10H13BrO2S/c1-10(2,11)8-14(12,13)9-6-4-3-5-7-9/h3-7H,8H2,1-2H3. The van der Waals surface area contributed by atoms with E-state index in [1.54, 1.807) is 30.3 Å². The van der Waals surface area contributed by atoms with E-state index in [0.29, 0.717) is 4.90 Å². The van der Waals surface area contributed by atoms with Gasteiger partial charge in [0, 0.05) is 4.32 Å². The molecule has 0 fully saturated rings. The maximum absolute atomic E-state index is 11.8. The van der Waals surface area contributed by atoms with E-state index in [4.69, 9.17) is 0 Å². The molecule has 0 saturated carbocycles. The van der Waals surface area contributed by atoms with E-state index in [1.165, 1.54) is 0 Å². The summed E-state index contributed by atoms with van der Waals surface area (Å²) in [5.74, 6) is 0.101. The highest BCUT2D eigenvalue weighted by molar-refractivity contribution is 9.10. The van der Waals surface area contributed by atoms with Gasteiger partial charge in [-0.25, -0.2) is 8.42 Å². The first kappa shape index (κ1) is 11.7. The number of sulfone groups is 1. The molecule has 4 heteroatoms. The molecule has 0 unspecified atom stereocenters. The summed E-state index contributed by atoms with van der Waals surface area (Å²) >= 11 is 3.33. The molecule has 0 bridgehead atoms. The fourth-order valence-electron chi connectivity index (χ4n) is 1.16. The van der Waals surface area contributed by atoms with Gasteiger partial charge in [-0.2, -0.15) is 0 Å². The molecule has 1 aromatic rings. The molecule has 0 aliphatic heterocycles. The van der Waals surface area contributed by atoms with Crippen molar-refractivity contribution in [3.05, 3.63) is 30.3 Å². The molecule has 0 radical (unpaired) electrons. The summed E-state index contributed by atoms with van der Waals surface area (Å²) in [5.41, 5.74) is 0. The van der Waals surface area contributed by atoms with Gasteiger partial charge >= 0.3 is 0 Å². The van der Waals surface area contributed by atoms with Crippen LogP contribution in [0.4, 0.5) is 0 Å². The molecule has 0 saturated heterocycles. The average Bonchev–Trinajstić information content (AvgIpc) is 2.01. The molecule has 0 aliphatic carbocycles. The molecular formula is C10H13BrO2S. The molecule has 0 atom stereocenters. The minimum absolute atomic E-state index is 0.101. The van der Waals surface area contributed by atoms with Crippen LogP contribution >= 0.6 is 15.9 Å². The first-order chi connectivity index (χ1) is 6.31. The fraction of sp³-hybridized carbons (Fsp3) is 0.400. The normalized spacial score (nSPS) is 12.8. The van der Waals surface area contributed by atoms with Crippen molar-refractivity contribution >= 4 is 25.8 Å². The predicted octanol–water partition coefficient (Wildman–Crippen LogP) is 2.63. The molecule has 1 aromatic carbocycles. The first-order valence-corrected chi connectivity index (χ1v) is 6.72. The van der Waals surface area contributed by atoms with Gasteiger partial charge in [-0.3, -0.25) is 0 Å². The second-order valence-electron chi connectivity index (χ2n) is 3.79. The fourth-order valence-corrected chi connectivity index (χ4v) is 3.71. The van der Waals surface area contributed by atoms with Crippen molar-refractivity contribution in [2.24, 2.45) is 0 Å². The van der Waals surface area contributed by atoms with E-state index in [-0.39, 0.29) is 10.1 Å². The molecular weight excluding hydrogens is 264 g/mol. The topological polar surface area (TPSA) is 34.1 Å². The highest BCUT2D eigenvalue weighted by Crippen LogP contribution is 2.22. The number of hydrogen-bond donors (Lipinski definition) is 0. The number of rotatable bonds is 3. The summed E-state index contributed by atoms with van der Waals surface area (Å²) in [6, 6.07) is 8.50. The lowest BCUT2D eigenvalue weighted by molar-refractivity contribution is 0.589. The van der Waals surface area contributed by atoms with Crippen LogP contribution < -0.4 is 0 Å². The van der Waals surface area contributed by atoms with Gasteiger partial charge in [0.15, 0.2) is 9.84 Å². The lowest BCUT2D eigenvalue weighted by atomic mass is 10.3.